The van der Waals surface area contributed by atoms with Gasteiger partial charge < -0.3 is 0 Å². The lowest BCUT2D eigenvalue weighted by molar-refractivity contribution is 0.0979. The van der Waals surface area contributed by atoms with E-state index in [-0.39, 0.29) is 11.6 Å². The molecule has 0 aliphatic carbocycles. The Labute approximate surface area is 116 Å². The second-order valence-corrected chi connectivity index (χ2v) is 5.63. The summed E-state index contributed by atoms with van der Waals surface area (Å²) in [5, 5.41) is 0. The predicted octanol–water partition coefficient (Wildman–Crippen LogP) is 5.40. The van der Waals surface area contributed by atoms with Crippen molar-refractivity contribution in [2.75, 3.05) is 0 Å². The van der Waals surface area contributed by atoms with Crippen molar-refractivity contribution in [3.8, 4) is 0 Å². The molecule has 106 valence electrons. The van der Waals surface area contributed by atoms with Gasteiger partial charge in [-0.25, -0.2) is 4.39 Å². The van der Waals surface area contributed by atoms with Gasteiger partial charge in [0.25, 0.3) is 0 Å². The molecule has 1 rings (SSSR count). The van der Waals surface area contributed by atoms with Crippen molar-refractivity contribution in [2.24, 2.45) is 5.92 Å². The molecule has 0 saturated carbocycles. The van der Waals surface area contributed by atoms with Crippen LogP contribution in [0.3, 0.4) is 0 Å². The zero-order valence-electron chi connectivity index (χ0n) is 12.1. The molecule has 0 aliphatic rings. The number of hydrogen-bond acceptors (Lipinski definition) is 1. The van der Waals surface area contributed by atoms with E-state index in [4.69, 9.17) is 0 Å². The fraction of sp³-hybridized carbons (Fsp3) is 0.588. The van der Waals surface area contributed by atoms with Gasteiger partial charge in [-0.3, -0.25) is 4.79 Å². The molecule has 2 heteroatoms. The van der Waals surface area contributed by atoms with Crippen molar-refractivity contribution in [3.63, 3.8) is 0 Å². The summed E-state index contributed by atoms with van der Waals surface area (Å²) in [4.78, 5) is 11.8. The molecule has 0 spiro atoms. The predicted molar refractivity (Wildman–Crippen MR) is 77.9 cm³/mol. The summed E-state index contributed by atoms with van der Waals surface area (Å²) in [5.41, 5.74) is 0.626. The number of halogens is 1. The lowest BCUT2D eigenvalue weighted by Gasteiger charge is -2.04. The van der Waals surface area contributed by atoms with Crippen molar-refractivity contribution in [3.05, 3.63) is 35.6 Å². The van der Waals surface area contributed by atoms with E-state index in [0.717, 1.165) is 18.8 Å². The van der Waals surface area contributed by atoms with Gasteiger partial charge in [-0.15, -0.1) is 0 Å². The molecule has 1 aromatic carbocycles. The van der Waals surface area contributed by atoms with Crippen molar-refractivity contribution in [1.29, 1.82) is 0 Å². The van der Waals surface area contributed by atoms with Gasteiger partial charge in [0.15, 0.2) is 5.78 Å². The summed E-state index contributed by atoms with van der Waals surface area (Å²) in [6.07, 6.45) is 7.71. The number of carbonyl (C=O) groups is 1. The van der Waals surface area contributed by atoms with Crippen molar-refractivity contribution >= 4 is 5.78 Å². The molecule has 0 atom stereocenters. The molecular weight excluding hydrogens is 239 g/mol. The Morgan fingerprint density at radius 3 is 2.21 bits per heavy atom. The van der Waals surface area contributed by atoms with Crippen LogP contribution in [-0.2, 0) is 0 Å². The van der Waals surface area contributed by atoms with Gasteiger partial charge in [0.1, 0.15) is 5.82 Å². The van der Waals surface area contributed by atoms with E-state index in [1.54, 1.807) is 12.1 Å². The van der Waals surface area contributed by atoms with Crippen LogP contribution in [0.5, 0.6) is 0 Å². The fourth-order valence-corrected chi connectivity index (χ4v) is 2.15. The number of Topliss-reactive ketones (excluding diaryl/α,β-unsaturated/α-hetero) is 1. The molecule has 0 fully saturated rings. The standard InChI is InChI=1S/C17H25FO/c1-14(2)8-6-4-3-5-7-9-17(19)15-10-12-16(18)13-11-15/h10-14H,3-9H2,1-2H3. The maximum atomic E-state index is 12.7. The maximum absolute atomic E-state index is 12.7. The quantitative estimate of drug-likeness (QED) is 0.431. The van der Waals surface area contributed by atoms with Crippen molar-refractivity contribution in [1.82, 2.24) is 0 Å². The molecule has 0 amide bonds. The molecule has 0 heterocycles. The second-order valence-electron chi connectivity index (χ2n) is 5.63. The molecule has 0 saturated heterocycles. The SMILES string of the molecule is CC(C)CCCCCCCC(=O)c1ccc(F)cc1. The van der Waals surface area contributed by atoms with E-state index in [1.807, 2.05) is 0 Å². The van der Waals surface area contributed by atoms with Crippen LogP contribution in [0.2, 0.25) is 0 Å². The summed E-state index contributed by atoms with van der Waals surface area (Å²) < 4.78 is 12.7. The van der Waals surface area contributed by atoms with Crippen LogP contribution >= 0.6 is 0 Å². The Bertz CT molecular complexity index is 367. The van der Waals surface area contributed by atoms with Gasteiger partial charge in [0.05, 0.1) is 0 Å². The number of unbranched alkanes of at least 4 members (excludes halogenated alkanes) is 4. The molecule has 0 radical (unpaired) electrons. The molecule has 1 nitrogen and oxygen atoms in total. The van der Waals surface area contributed by atoms with Crippen LogP contribution < -0.4 is 0 Å². The third-order valence-electron chi connectivity index (χ3n) is 3.35. The topological polar surface area (TPSA) is 17.1 Å². The first-order valence-corrected chi connectivity index (χ1v) is 7.38. The fourth-order valence-electron chi connectivity index (χ4n) is 2.15. The van der Waals surface area contributed by atoms with Crippen LogP contribution in [0.25, 0.3) is 0 Å². The number of rotatable bonds is 9. The van der Waals surface area contributed by atoms with Crippen LogP contribution in [0, 0.1) is 11.7 Å². The molecular formula is C17H25FO. The number of ketones is 1. The van der Waals surface area contributed by atoms with E-state index in [1.165, 1.54) is 37.8 Å². The largest absolute Gasteiger partial charge is 0.294 e. The highest BCUT2D eigenvalue weighted by Gasteiger charge is 2.05. The summed E-state index contributed by atoms with van der Waals surface area (Å²) in [7, 11) is 0. The normalized spacial score (nSPS) is 10.9. The molecule has 0 aromatic heterocycles. The first kappa shape index (κ1) is 15.9. The second kappa shape index (κ2) is 8.84. The van der Waals surface area contributed by atoms with Crippen LogP contribution in [0.4, 0.5) is 4.39 Å². The monoisotopic (exact) mass is 264 g/mol. The Kier molecular flexibility index (Phi) is 7.39. The van der Waals surface area contributed by atoms with Gasteiger partial charge in [0, 0.05) is 12.0 Å². The van der Waals surface area contributed by atoms with Gasteiger partial charge in [-0.05, 0) is 36.6 Å². The molecule has 0 aliphatic heterocycles. The average molecular weight is 264 g/mol. The summed E-state index contributed by atoms with van der Waals surface area (Å²) in [6, 6.07) is 5.83. The zero-order chi connectivity index (χ0) is 14.1. The smallest absolute Gasteiger partial charge is 0.162 e. The Hall–Kier alpha value is -1.18. The average Bonchev–Trinajstić information content (AvgIpc) is 2.38. The Balaban J connectivity index is 2.09. The van der Waals surface area contributed by atoms with Gasteiger partial charge in [-0.2, -0.15) is 0 Å². The summed E-state index contributed by atoms with van der Waals surface area (Å²) in [5.74, 6) is 0.629. The maximum Gasteiger partial charge on any atom is 0.162 e. The lowest BCUT2D eigenvalue weighted by atomic mass is 10.0. The minimum absolute atomic E-state index is 0.127. The van der Waals surface area contributed by atoms with Crippen molar-refractivity contribution < 1.29 is 9.18 Å². The molecule has 0 bridgehead atoms. The van der Waals surface area contributed by atoms with E-state index < -0.39 is 0 Å². The summed E-state index contributed by atoms with van der Waals surface area (Å²) in [6.45, 7) is 4.50. The highest BCUT2D eigenvalue weighted by molar-refractivity contribution is 5.95. The number of hydrogen-bond donors (Lipinski definition) is 0. The first-order valence-electron chi connectivity index (χ1n) is 7.38. The zero-order valence-corrected chi connectivity index (χ0v) is 12.1. The Morgan fingerprint density at radius 2 is 1.58 bits per heavy atom. The molecule has 19 heavy (non-hydrogen) atoms. The highest BCUT2D eigenvalue weighted by Crippen LogP contribution is 2.13. The highest BCUT2D eigenvalue weighted by atomic mass is 19.1. The van der Waals surface area contributed by atoms with Crippen LogP contribution in [0.15, 0.2) is 24.3 Å². The molecule has 0 N–H and O–H groups in total. The van der Waals surface area contributed by atoms with E-state index in [9.17, 15) is 9.18 Å². The third-order valence-corrected chi connectivity index (χ3v) is 3.35. The summed E-state index contributed by atoms with van der Waals surface area (Å²) >= 11 is 0. The van der Waals surface area contributed by atoms with Crippen molar-refractivity contribution in [2.45, 2.75) is 58.8 Å². The molecule has 0 unspecified atom stereocenters. The third kappa shape index (κ3) is 7.09. The van der Waals surface area contributed by atoms with Crippen LogP contribution in [-0.4, -0.2) is 5.78 Å². The molecule has 1 aromatic rings. The number of benzene rings is 1. The van der Waals surface area contributed by atoms with Crippen LogP contribution in [0.1, 0.15) is 69.2 Å². The van der Waals surface area contributed by atoms with Gasteiger partial charge >= 0.3 is 0 Å². The van der Waals surface area contributed by atoms with E-state index in [0.29, 0.717) is 12.0 Å². The van der Waals surface area contributed by atoms with Gasteiger partial charge in [-0.1, -0.05) is 46.0 Å². The van der Waals surface area contributed by atoms with E-state index >= 15 is 0 Å². The number of carbonyl (C=O) groups excluding carboxylic acids is 1. The van der Waals surface area contributed by atoms with E-state index in [2.05, 4.69) is 13.8 Å². The Morgan fingerprint density at radius 1 is 1.00 bits per heavy atom. The minimum Gasteiger partial charge on any atom is -0.294 e. The minimum atomic E-state index is -0.290. The van der Waals surface area contributed by atoms with Gasteiger partial charge in [0.2, 0.25) is 0 Å². The first-order chi connectivity index (χ1) is 9.09. The lowest BCUT2D eigenvalue weighted by Crippen LogP contribution is -1.98.